The maximum Gasteiger partial charge on any atom is 0.0880 e. The lowest BCUT2D eigenvalue weighted by Crippen LogP contribution is -2.52. The Morgan fingerprint density at radius 2 is 1.48 bits per heavy atom. The van der Waals surface area contributed by atoms with Crippen LogP contribution in [0.15, 0.2) is 60.7 Å². The van der Waals surface area contributed by atoms with Gasteiger partial charge in [-0.1, -0.05) is 73.5 Å². The largest absolute Gasteiger partial charge is 0.388 e. The first kappa shape index (κ1) is 16.2. The molecule has 0 bridgehead atoms. The van der Waals surface area contributed by atoms with Gasteiger partial charge in [0, 0.05) is 12.0 Å². The SMILES string of the molecule is CC(O)(C1CCCCCN1)C(c1ccccc1)c1ccccc1. The average Bonchev–Trinajstić information content (AvgIpc) is 2.87. The van der Waals surface area contributed by atoms with Crippen molar-refractivity contribution >= 4 is 0 Å². The van der Waals surface area contributed by atoms with Crippen molar-refractivity contribution in [2.24, 2.45) is 0 Å². The molecule has 2 aromatic rings. The second-order valence-electron chi connectivity index (χ2n) is 6.84. The standard InChI is InChI=1S/C21H27NO/c1-21(23,19-15-9-4-10-16-22-19)20(17-11-5-2-6-12-17)18-13-7-3-8-14-18/h2-3,5-8,11-14,19-20,22-23H,4,9-10,15-16H2,1H3. The van der Waals surface area contributed by atoms with Gasteiger partial charge >= 0.3 is 0 Å². The summed E-state index contributed by atoms with van der Waals surface area (Å²) in [6, 6.07) is 20.9. The molecule has 23 heavy (non-hydrogen) atoms. The molecule has 2 unspecified atom stereocenters. The first-order valence-electron chi connectivity index (χ1n) is 8.75. The molecule has 1 fully saturated rings. The van der Waals surface area contributed by atoms with Crippen molar-refractivity contribution in [2.75, 3.05) is 6.54 Å². The second-order valence-corrected chi connectivity index (χ2v) is 6.84. The third-order valence-corrected chi connectivity index (χ3v) is 5.12. The van der Waals surface area contributed by atoms with Crippen molar-refractivity contribution in [3.63, 3.8) is 0 Å². The molecular weight excluding hydrogens is 282 g/mol. The van der Waals surface area contributed by atoms with E-state index in [4.69, 9.17) is 0 Å². The Labute approximate surface area is 139 Å². The molecule has 1 saturated heterocycles. The number of benzene rings is 2. The van der Waals surface area contributed by atoms with Crippen molar-refractivity contribution in [1.29, 1.82) is 0 Å². The molecule has 0 radical (unpaired) electrons. The summed E-state index contributed by atoms with van der Waals surface area (Å²) in [6.07, 6.45) is 4.67. The molecule has 122 valence electrons. The van der Waals surface area contributed by atoms with Gasteiger partial charge in [0.2, 0.25) is 0 Å². The minimum atomic E-state index is -0.826. The monoisotopic (exact) mass is 309 g/mol. The van der Waals surface area contributed by atoms with Gasteiger partial charge in [-0.05, 0) is 37.4 Å². The summed E-state index contributed by atoms with van der Waals surface area (Å²) in [7, 11) is 0. The first-order chi connectivity index (χ1) is 11.2. The van der Waals surface area contributed by atoms with Crippen LogP contribution >= 0.6 is 0 Å². The summed E-state index contributed by atoms with van der Waals surface area (Å²) in [5.41, 5.74) is 1.53. The van der Waals surface area contributed by atoms with Crippen LogP contribution in [0.2, 0.25) is 0 Å². The lowest BCUT2D eigenvalue weighted by molar-refractivity contribution is 0.00246. The van der Waals surface area contributed by atoms with E-state index < -0.39 is 5.60 Å². The molecule has 1 aliphatic heterocycles. The fraction of sp³-hybridized carbons (Fsp3) is 0.429. The summed E-state index contributed by atoms with van der Waals surface area (Å²) >= 11 is 0. The Balaban J connectivity index is 2.00. The Morgan fingerprint density at radius 1 is 0.913 bits per heavy atom. The number of hydrogen-bond donors (Lipinski definition) is 2. The van der Waals surface area contributed by atoms with Crippen molar-refractivity contribution in [3.05, 3.63) is 71.8 Å². The minimum absolute atomic E-state index is 0.0273. The van der Waals surface area contributed by atoms with E-state index in [9.17, 15) is 5.11 Å². The van der Waals surface area contributed by atoms with Crippen LogP contribution in [0.3, 0.4) is 0 Å². The normalized spacial score (nSPS) is 21.6. The highest BCUT2D eigenvalue weighted by atomic mass is 16.3. The van der Waals surface area contributed by atoms with Gasteiger partial charge in [0.1, 0.15) is 0 Å². The van der Waals surface area contributed by atoms with Crippen molar-refractivity contribution < 1.29 is 5.11 Å². The number of nitrogens with one attached hydrogen (secondary N) is 1. The van der Waals surface area contributed by atoms with E-state index in [2.05, 4.69) is 53.8 Å². The molecule has 3 rings (SSSR count). The van der Waals surface area contributed by atoms with Crippen LogP contribution in [0, 0.1) is 0 Å². The van der Waals surface area contributed by atoms with Crippen LogP contribution in [0.5, 0.6) is 0 Å². The van der Waals surface area contributed by atoms with E-state index in [0.717, 1.165) is 13.0 Å². The predicted molar refractivity (Wildman–Crippen MR) is 95.6 cm³/mol. The zero-order chi connectivity index (χ0) is 16.1. The van der Waals surface area contributed by atoms with E-state index in [1.807, 2.05) is 19.1 Å². The number of aliphatic hydroxyl groups is 1. The molecule has 2 nitrogen and oxygen atoms in total. The van der Waals surface area contributed by atoms with E-state index in [1.165, 1.54) is 30.4 Å². The van der Waals surface area contributed by atoms with Gasteiger partial charge in [0.05, 0.1) is 5.60 Å². The van der Waals surface area contributed by atoms with Crippen molar-refractivity contribution in [1.82, 2.24) is 5.32 Å². The highest BCUT2D eigenvalue weighted by Gasteiger charge is 2.41. The van der Waals surface area contributed by atoms with Gasteiger partial charge in [-0.15, -0.1) is 0 Å². The van der Waals surface area contributed by atoms with E-state index in [0.29, 0.717) is 0 Å². The molecule has 0 aromatic heterocycles. The fourth-order valence-electron chi connectivity index (χ4n) is 3.89. The van der Waals surface area contributed by atoms with Crippen molar-refractivity contribution in [2.45, 2.75) is 50.2 Å². The zero-order valence-electron chi connectivity index (χ0n) is 13.9. The number of rotatable bonds is 4. The fourth-order valence-corrected chi connectivity index (χ4v) is 3.89. The summed E-state index contributed by atoms with van der Waals surface area (Å²) < 4.78 is 0. The molecular formula is C21H27NO. The van der Waals surface area contributed by atoms with Crippen LogP contribution in [-0.4, -0.2) is 23.3 Å². The topological polar surface area (TPSA) is 32.3 Å². The van der Waals surface area contributed by atoms with Crippen LogP contribution in [0.4, 0.5) is 0 Å². The highest BCUT2D eigenvalue weighted by Crippen LogP contribution is 2.38. The molecule has 2 N–H and O–H groups in total. The minimum Gasteiger partial charge on any atom is -0.388 e. The van der Waals surface area contributed by atoms with Gasteiger partial charge < -0.3 is 10.4 Å². The lowest BCUT2D eigenvalue weighted by Gasteiger charge is -2.40. The second kappa shape index (κ2) is 7.29. The third-order valence-electron chi connectivity index (χ3n) is 5.12. The van der Waals surface area contributed by atoms with Crippen LogP contribution in [0.1, 0.15) is 49.7 Å². The third kappa shape index (κ3) is 3.65. The molecule has 2 heteroatoms. The molecule has 1 aliphatic rings. The van der Waals surface area contributed by atoms with Gasteiger partial charge in [-0.2, -0.15) is 0 Å². The Hall–Kier alpha value is -1.64. The Morgan fingerprint density at radius 3 is 2.04 bits per heavy atom. The average molecular weight is 309 g/mol. The van der Waals surface area contributed by atoms with E-state index in [1.54, 1.807) is 0 Å². The van der Waals surface area contributed by atoms with E-state index in [-0.39, 0.29) is 12.0 Å². The van der Waals surface area contributed by atoms with Crippen molar-refractivity contribution in [3.8, 4) is 0 Å². The summed E-state index contributed by atoms with van der Waals surface area (Å²) in [5.74, 6) is -0.0273. The summed E-state index contributed by atoms with van der Waals surface area (Å²) in [6.45, 7) is 3.00. The highest BCUT2D eigenvalue weighted by molar-refractivity contribution is 5.36. The van der Waals surface area contributed by atoms with Gasteiger partial charge in [0.15, 0.2) is 0 Å². The molecule has 0 spiro atoms. The van der Waals surface area contributed by atoms with Crippen LogP contribution in [-0.2, 0) is 0 Å². The Bertz CT molecular complexity index is 546. The van der Waals surface area contributed by atoms with Gasteiger partial charge in [-0.3, -0.25) is 0 Å². The predicted octanol–water partition coefficient (Wildman–Crippen LogP) is 4.10. The lowest BCUT2D eigenvalue weighted by atomic mass is 9.73. The zero-order valence-corrected chi connectivity index (χ0v) is 13.9. The quantitative estimate of drug-likeness (QED) is 0.891. The van der Waals surface area contributed by atoms with E-state index >= 15 is 0 Å². The molecule has 0 saturated carbocycles. The summed E-state index contributed by atoms with van der Waals surface area (Å²) in [4.78, 5) is 0. The first-order valence-corrected chi connectivity index (χ1v) is 8.75. The van der Waals surface area contributed by atoms with Crippen LogP contribution < -0.4 is 5.32 Å². The maximum absolute atomic E-state index is 11.6. The molecule has 0 aliphatic carbocycles. The van der Waals surface area contributed by atoms with Gasteiger partial charge in [-0.25, -0.2) is 0 Å². The van der Waals surface area contributed by atoms with Gasteiger partial charge in [0.25, 0.3) is 0 Å². The molecule has 2 aromatic carbocycles. The smallest absolute Gasteiger partial charge is 0.0880 e. The van der Waals surface area contributed by atoms with Crippen LogP contribution in [0.25, 0.3) is 0 Å². The maximum atomic E-state index is 11.6. The molecule has 0 amide bonds. The summed E-state index contributed by atoms with van der Waals surface area (Å²) in [5, 5.41) is 15.2. The molecule has 1 heterocycles. The molecule has 2 atom stereocenters. The Kier molecular flexibility index (Phi) is 5.14. The number of hydrogen-bond acceptors (Lipinski definition) is 2.